The molecule has 0 saturated carbocycles. The zero-order valence-electron chi connectivity index (χ0n) is 18.4. The van der Waals surface area contributed by atoms with Crippen molar-refractivity contribution in [2.24, 2.45) is 5.92 Å². The standard InChI is InChI=1S/C27H29ClF2O2/c1-2-3-4-5-19-16-31-27(32-17-19)22-11-12-23-21(15-22)10-9-20(26(23)30)8-6-18-7-13-24(28)25(29)14-18/h7,9-15,19,27H,2-6,8,16-17H2,1H3. The number of rotatable bonds is 8. The summed E-state index contributed by atoms with van der Waals surface area (Å²) in [6.45, 7) is 3.60. The van der Waals surface area contributed by atoms with Gasteiger partial charge in [0.2, 0.25) is 0 Å². The van der Waals surface area contributed by atoms with Crippen molar-refractivity contribution in [2.75, 3.05) is 13.2 Å². The highest BCUT2D eigenvalue weighted by atomic mass is 35.5. The van der Waals surface area contributed by atoms with Crippen molar-refractivity contribution in [3.05, 3.63) is 81.9 Å². The Balaban J connectivity index is 1.41. The lowest BCUT2D eigenvalue weighted by Gasteiger charge is -2.29. The number of ether oxygens (including phenoxy) is 2. The molecule has 1 heterocycles. The van der Waals surface area contributed by atoms with E-state index in [2.05, 4.69) is 6.92 Å². The van der Waals surface area contributed by atoms with E-state index in [0.29, 0.717) is 42.9 Å². The Kier molecular flexibility index (Phi) is 7.77. The van der Waals surface area contributed by atoms with Crippen LogP contribution in [-0.4, -0.2) is 13.2 Å². The summed E-state index contributed by atoms with van der Waals surface area (Å²) in [5.41, 5.74) is 2.32. The Hall–Kier alpha value is -2.01. The number of aryl methyl sites for hydroxylation is 2. The lowest BCUT2D eigenvalue weighted by molar-refractivity contribution is -0.206. The zero-order chi connectivity index (χ0) is 22.5. The number of halogens is 3. The Morgan fingerprint density at radius 1 is 0.938 bits per heavy atom. The SMILES string of the molecule is CCCCCC1COC(c2ccc3c(F)c(CCc4ccc(Cl)c(F)c4)ccc3c2)OC1. The fourth-order valence-electron chi connectivity index (χ4n) is 4.25. The molecule has 2 nitrogen and oxygen atoms in total. The smallest absolute Gasteiger partial charge is 0.183 e. The molecule has 0 aromatic heterocycles. The van der Waals surface area contributed by atoms with E-state index in [-0.39, 0.29) is 10.8 Å². The molecule has 170 valence electrons. The Bertz CT molecular complexity index is 1060. The van der Waals surface area contributed by atoms with E-state index < -0.39 is 12.1 Å². The van der Waals surface area contributed by atoms with E-state index in [1.165, 1.54) is 31.4 Å². The quantitative estimate of drug-likeness (QED) is 0.320. The van der Waals surface area contributed by atoms with Gasteiger partial charge in [-0.1, -0.05) is 68.1 Å². The summed E-state index contributed by atoms with van der Waals surface area (Å²) >= 11 is 5.74. The maximum Gasteiger partial charge on any atom is 0.183 e. The number of hydrogen-bond acceptors (Lipinski definition) is 2. The van der Waals surface area contributed by atoms with Gasteiger partial charge in [-0.25, -0.2) is 8.78 Å². The average molecular weight is 459 g/mol. The van der Waals surface area contributed by atoms with Crippen LogP contribution in [0.1, 0.15) is 55.6 Å². The number of hydrogen-bond donors (Lipinski definition) is 0. The van der Waals surface area contributed by atoms with Crippen molar-refractivity contribution in [3.63, 3.8) is 0 Å². The van der Waals surface area contributed by atoms with Crippen molar-refractivity contribution in [1.29, 1.82) is 0 Å². The fraction of sp³-hybridized carbons (Fsp3) is 0.407. The second-order valence-electron chi connectivity index (χ2n) is 8.63. The third kappa shape index (κ3) is 5.48. The second kappa shape index (κ2) is 10.7. The average Bonchev–Trinajstić information content (AvgIpc) is 2.81. The van der Waals surface area contributed by atoms with Crippen LogP contribution in [0.5, 0.6) is 0 Å². The van der Waals surface area contributed by atoms with Crippen LogP contribution in [0.15, 0.2) is 48.5 Å². The molecular weight excluding hydrogens is 430 g/mol. The van der Waals surface area contributed by atoms with Crippen molar-refractivity contribution in [2.45, 2.75) is 51.7 Å². The van der Waals surface area contributed by atoms with Gasteiger partial charge in [-0.2, -0.15) is 0 Å². The minimum Gasteiger partial charge on any atom is -0.348 e. The van der Waals surface area contributed by atoms with E-state index in [1.807, 2.05) is 18.2 Å². The second-order valence-corrected chi connectivity index (χ2v) is 9.04. The Morgan fingerprint density at radius 3 is 2.50 bits per heavy atom. The molecule has 3 aromatic carbocycles. The van der Waals surface area contributed by atoms with Gasteiger partial charge in [0.05, 0.1) is 18.2 Å². The molecule has 0 N–H and O–H groups in total. The maximum atomic E-state index is 15.1. The minimum atomic E-state index is -0.449. The molecule has 5 heteroatoms. The normalized spacial score (nSPS) is 18.9. The first-order valence-corrected chi connectivity index (χ1v) is 11.8. The van der Waals surface area contributed by atoms with Crippen LogP contribution >= 0.6 is 11.6 Å². The number of unbranched alkanes of at least 4 members (excludes halogenated alkanes) is 2. The van der Waals surface area contributed by atoms with Gasteiger partial charge in [0.1, 0.15) is 11.6 Å². The molecular formula is C27H29ClF2O2. The first kappa shape index (κ1) is 23.2. The van der Waals surface area contributed by atoms with Crippen molar-refractivity contribution >= 4 is 22.4 Å². The topological polar surface area (TPSA) is 18.5 Å². The van der Waals surface area contributed by atoms with E-state index in [1.54, 1.807) is 18.2 Å². The van der Waals surface area contributed by atoms with Crippen LogP contribution < -0.4 is 0 Å². The minimum absolute atomic E-state index is 0.0966. The van der Waals surface area contributed by atoms with Crippen molar-refractivity contribution in [3.8, 4) is 0 Å². The maximum absolute atomic E-state index is 15.1. The van der Waals surface area contributed by atoms with Crippen molar-refractivity contribution in [1.82, 2.24) is 0 Å². The molecule has 32 heavy (non-hydrogen) atoms. The first-order chi connectivity index (χ1) is 15.5. The summed E-state index contributed by atoms with van der Waals surface area (Å²) in [6, 6.07) is 14.1. The predicted octanol–water partition coefficient (Wildman–Crippen LogP) is 7.80. The highest BCUT2D eigenvalue weighted by molar-refractivity contribution is 6.30. The molecule has 1 aliphatic heterocycles. The summed E-state index contributed by atoms with van der Waals surface area (Å²) in [5, 5.41) is 1.49. The molecule has 1 aliphatic rings. The lowest BCUT2D eigenvalue weighted by Crippen LogP contribution is -2.27. The number of fused-ring (bicyclic) bond motifs is 1. The molecule has 0 aliphatic carbocycles. The van der Waals surface area contributed by atoms with Gasteiger partial charge in [-0.05, 0) is 54.0 Å². The van der Waals surface area contributed by atoms with Crippen LogP contribution in [0, 0.1) is 17.6 Å². The fourth-order valence-corrected chi connectivity index (χ4v) is 4.37. The third-order valence-electron chi connectivity index (χ3n) is 6.18. The third-order valence-corrected chi connectivity index (χ3v) is 6.49. The van der Waals surface area contributed by atoms with Gasteiger partial charge in [0.15, 0.2) is 6.29 Å². The van der Waals surface area contributed by atoms with Gasteiger partial charge in [0.25, 0.3) is 0 Å². The van der Waals surface area contributed by atoms with E-state index in [9.17, 15) is 4.39 Å². The van der Waals surface area contributed by atoms with Crippen LogP contribution in [0.3, 0.4) is 0 Å². The molecule has 1 saturated heterocycles. The molecule has 3 aromatic rings. The Labute approximate surface area is 193 Å². The molecule has 0 spiro atoms. The molecule has 0 amide bonds. The monoisotopic (exact) mass is 458 g/mol. The summed E-state index contributed by atoms with van der Waals surface area (Å²) in [5.74, 6) is -0.229. The highest BCUT2D eigenvalue weighted by Gasteiger charge is 2.23. The molecule has 0 atom stereocenters. The van der Waals surface area contributed by atoms with Gasteiger partial charge in [0, 0.05) is 16.9 Å². The summed E-state index contributed by atoms with van der Waals surface area (Å²) in [7, 11) is 0. The van der Waals surface area contributed by atoms with Crippen LogP contribution in [0.2, 0.25) is 5.02 Å². The highest BCUT2D eigenvalue weighted by Crippen LogP contribution is 2.31. The van der Waals surface area contributed by atoms with E-state index in [0.717, 1.165) is 22.9 Å². The van der Waals surface area contributed by atoms with E-state index in [4.69, 9.17) is 21.1 Å². The Morgan fingerprint density at radius 2 is 1.75 bits per heavy atom. The van der Waals surface area contributed by atoms with Crippen LogP contribution in [0.4, 0.5) is 8.78 Å². The van der Waals surface area contributed by atoms with Gasteiger partial charge >= 0.3 is 0 Å². The zero-order valence-corrected chi connectivity index (χ0v) is 19.1. The molecule has 0 unspecified atom stereocenters. The van der Waals surface area contributed by atoms with Crippen LogP contribution in [-0.2, 0) is 22.3 Å². The molecule has 0 radical (unpaired) electrons. The van der Waals surface area contributed by atoms with Gasteiger partial charge in [-0.3, -0.25) is 0 Å². The number of benzene rings is 3. The summed E-state index contributed by atoms with van der Waals surface area (Å²) in [4.78, 5) is 0. The predicted molar refractivity (Wildman–Crippen MR) is 125 cm³/mol. The molecule has 4 rings (SSSR count). The summed E-state index contributed by atoms with van der Waals surface area (Å²) < 4.78 is 40.7. The largest absolute Gasteiger partial charge is 0.348 e. The molecule has 0 bridgehead atoms. The molecule has 1 fully saturated rings. The summed E-state index contributed by atoms with van der Waals surface area (Å²) in [6.07, 6.45) is 5.43. The van der Waals surface area contributed by atoms with Crippen molar-refractivity contribution < 1.29 is 18.3 Å². The lowest BCUT2D eigenvalue weighted by atomic mass is 9.98. The van der Waals surface area contributed by atoms with Crippen LogP contribution in [0.25, 0.3) is 10.8 Å². The van der Waals surface area contributed by atoms with Gasteiger partial charge in [-0.15, -0.1) is 0 Å². The first-order valence-electron chi connectivity index (χ1n) is 11.4. The van der Waals surface area contributed by atoms with E-state index >= 15 is 4.39 Å². The van der Waals surface area contributed by atoms with Gasteiger partial charge < -0.3 is 9.47 Å².